The van der Waals surface area contributed by atoms with Gasteiger partial charge in [0.25, 0.3) is 0 Å². The minimum Gasteiger partial charge on any atom is -0.444 e. The van der Waals surface area contributed by atoms with Crippen LogP contribution in [-0.2, 0) is 9.53 Å². The summed E-state index contributed by atoms with van der Waals surface area (Å²) in [6, 6.07) is 2.83. The summed E-state index contributed by atoms with van der Waals surface area (Å²) in [6.45, 7) is 10.6. The SMILES string of the molecule is Cc1cc(Cl)cc(C)c1NC(=O)[C@H](C)NC(=O)OC(C)(C)C. The van der Waals surface area contributed by atoms with Crippen LogP contribution in [0.5, 0.6) is 0 Å². The van der Waals surface area contributed by atoms with Gasteiger partial charge in [0.2, 0.25) is 5.91 Å². The van der Waals surface area contributed by atoms with Crippen LogP contribution in [0.15, 0.2) is 12.1 Å². The van der Waals surface area contributed by atoms with Crippen molar-refractivity contribution in [2.75, 3.05) is 5.32 Å². The van der Waals surface area contributed by atoms with Gasteiger partial charge in [-0.3, -0.25) is 4.79 Å². The highest BCUT2D eigenvalue weighted by atomic mass is 35.5. The van der Waals surface area contributed by atoms with Gasteiger partial charge in [0.1, 0.15) is 11.6 Å². The number of amides is 2. The second-order valence-corrected chi connectivity index (χ2v) is 6.71. The third-order valence-corrected chi connectivity index (χ3v) is 3.09. The summed E-state index contributed by atoms with van der Waals surface area (Å²) in [7, 11) is 0. The number of benzene rings is 1. The zero-order valence-electron chi connectivity index (χ0n) is 13.8. The van der Waals surface area contributed by atoms with Gasteiger partial charge in [-0.2, -0.15) is 0 Å². The maximum atomic E-state index is 12.2. The molecule has 122 valence electrons. The topological polar surface area (TPSA) is 67.4 Å². The number of halogens is 1. The second-order valence-electron chi connectivity index (χ2n) is 6.27. The first-order valence-electron chi connectivity index (χ1n) is 7.06. The van der Waals surface area contributed by atoms with Crippen molar-refractivity contribution in [1.29, 1.82) is 0 Å². The molecule has 0 aliphatic carbocycles. The Balaban J connectivity index is 2.71. The predicted molar refractivity (Wildman–Crippen MR) is 88.4 cm³/mol. The number of nitrogens with one attached hydrogen (secondary N) is 2. The summed E-state index contributed by atoms with van der Waals surface area (Å²) in [4.78, 5) is 23.9. The molecule has 1 aromatic rings. The van der Waals surface area contributed by atoms with E-state index in [1.807, 2.05) is 13.8 Å². The first-order chi connectivity index (χ1) is 9.99. The third kappa shape index (κ3) is 5.56. The fourth-order valence-electron chi connectivity index (χ4n) is 1.89. The highest BCUT2D eigenvalue weighted by molar-refractivity contribution is 6.30. The maximum Gasteiger partial charge on any atom is 0.408 e. The van der Waals surface area contributed by atoms with Gasteiger partial charge in [-0.1, -0.05) is 11.6 Å². The number of hydrogen-bond donors (Lipinski definition) is 2. The summed E-state index contributed by atoms with van der Waals surface area (Å²) in [5, 5.41) is 5.93. The zero-order chi connectivity index (χ0) is 17.1. The molecule has 6 heteroatoms. The molecule has 0 unspecified atom stereocenters. The molecule has 2 amide bonds. The monoisotopic (exact) mass is 326 g/mol. The lowest BCUT2D eigenvalue weighted by molar-refractivity contribution is -0.117. The quantitative estimate of drug-likeness (QED) is 0.887. The number of rotatable bonds is 3. The average Bonchev–Trinajstić information content (AvgIpc) is 2.30. The van der Waals surface area contributed by atoms with Crippen LogP contribution in [0.4, 0.5) is 10.5 Å². The number of ether oxygens (including phenoxy) is 1. The minimum absolute atomic E-state index is 0.320. The molecule has 0 saturated carbocycles. The van der Waals surface area contributed by atoms with Crippen LogP contribution in [-0.4, -0.2) is 23.6 Å². The van der Waals surface area contributed by atoms with Crippen LogP contribution >= 0.6 is 11.6 Å². The molecule has 1 atom stereocenters. The van der Waals surface area contributed by atoms with Gasteiger partial charge in [0, 0.05) is 10.7 Å². The second kappa shape index (κ2) is 7.01. The summed E-state index contributed by atoms with van der Waals surface area (Å²) < 4.78 is 5.12. The van der Waals surface area contributed by atoms with Crippen molar-refractivity contribution in [1.82, 2.24) is 5.32 Å². The standard InChI is InChI=1S/C16H23ClN2O3/c1-9-7-12(17)8-10(2)13(9)19-14(20)11(3)18-15(21)22-16(4,5)6/h7-8,11H,1-6H3,(H,18,21)(H,19,20)/t11-/m0/s1. The van der Waals surface area contributed by atoms with E-state index in [2.05, 4.69) is 10.6 Å². The van der Waals surface area contributed by atoms with Gasteiger partial charge in [-0.25, -0.2) is 4.79 Å². The predicted octanol–water partition coefficient (Wildman–Crippen LogP) is 3.81. The van der Waals surface area contributed by atoms with Gasteiger partial charge < -0.3 is 15.4 Å². The van der Waals surface area contributed by atoms with Crippen LogP contribution in [0.1, 0.15) is 38.8 Å². The Hall–Kier alpha value is -1.75. The molecule has 0 radical (unpaired) electrons. The zero-order valence-corrected chi connectivity index (χ0v) is 14.6. The Morgan fingerprint density at radius 1 is 1.18 bits per heavy atom. The number of carbonyl (C=O) groups excluding carboxylic acids is 2. The van der Waals surface area contributed by atoms with E-state index in [-0.39, 0.29) is 5.91 Å². The average molecular weight is 327 g/mol. The number of alkyl carbamates (subject to hydrolysis) is 1. The Morgan fingerprint density at radius 3 is 2.14 bits per heavy atom. The van der Waals surface area contributed by atoms with E-state index < -0.39 is 17.7 Å². The van der Waals surface area contributed by atoms with E-state index in [1.54, 1.807) is 39.8 Å². The molecule has 0 aromatic heterocycles. The Morgan fingerprint density at radius 2 is 1.68 bits per heavy atom. The van der Waals surface area contributed by atoms with E-state index in [9.17, 15) is 9.59 Å². The van der Waals surface area contributed by atoms with Gasteiger partial charge >= 0.3 is 6.09 Å². The largest absolute Gasteiger partial charge is 0.444 e. The molecule has 1 rings (SSSR count). The number of anilines is 1. The van der Waals surface area contributed by atoms with Crippen molar-refractivity contribution < 1.29 is 14.3 Å². The van der Waals surface area contributed by atoms with Crippen LogP contribution in [0, 0.1) is 13.8 Å². The Labute approximate surface area is 136 Å². The summed E-state index contributed by atoms with van der Waals surface area (Å²) in [5.41, 5.74) is 1.82. The molecule has 0 bridgehead atoms. The van der Waals surface area contributed by atoms with Crippen molar-refractivity contribution >= 4 is 29.3 Å². The molecule has 0 spiro atoms. The summed E-state index contributed by atoms with van der Waals surface area (Å²) >= 11 is 5.97. The van der Waals surface area contributed by atoms with Gasteiger partial charge in [-0.15, -0.1) is 0 Å². The molecule has 0 saturated heterocycles. The molecule has 0 fully saturated rings. The summed E-state index contributed by atoms with van der Waals surface area (Å²) in [5.74, 6) is -0.320. The first-order valence-corrected chi connectivity index (χ1v) is 7.44. The van der Waals surface area contributed by atoms with Crippen molar-refractivity contribution in [2.45, 2.75) is 53.2 Å². The van der Waals surface area contributed by atoms with Crippen molar-refractivity contribution in [3.05, 3.63) is 28.3 Å². The molecular formula is C16H23ClN2O3. The van der Waals surface area contributed by atoms with Crippen LogP contribution in [0.3, 0.4) is 0 Å². The molecular weight excluding hydrogens is 304 g/mol. The molecule has 0 heterocycles. The number of hydrogen-bond acceptors (Lipinski definition) is 3. The van der Waals surface area contributed by atoms with Crippen LogP contribution < -0.4 is 10.6 Å². The fraction of sp³-hybridized carbons (Fsp3) is 0.500. The smallest absolute Gasteiger partial charge is 0.408 e. The normalized spacial score (nSPS) is 12.5. The Kier molecular flexibility index (Phi) is 5.83. The molecule has 2 N–H and O–H groups in total. The van der Waals surface area contributed by atoms with E-state index in [4.69, 9.17) is 16.3 Å². The number of aryl methyl sites for hydroxylation is 2. The molecule has 22 heavy (non-hydrogen) atoms. The van der Waals surface area contributed by atoms with E-state index in [1.165, 1.54) is 0 Å². The Bertz CT molecular complexity index is 556. The van der Waals surface area contributed by atoms with Crippen LogP contribution in [0.25, 0.3) is 0 Å². The highest BCUT2D eigenvalue weighted by Crippen LogP contribution is 2.24. The highest BCUT2D eigenvalue weighted by Gasteiger charge is 2.21. The van der Waals surface area contributed by atoms with E-state index in [0.717, 1.165) is 11.1 Å². The minimum atomic E-state index is -0.718. The van der Waals surface area contributed by atoms with Crippen LogP contribution in [0.2, 0.25) is 5.02 Å². The molecule has 1 aromatic carbocycles. The lowest BCUT2D eigenvalue weighted by Crippen LogP contribution is -2.44. The maximum absolute atomic E-state index is 12.2. The third-order valence-electron chi connectivity index (χ3n) is 2.87. The molecule has 5 nitrogen and oxygen atoms in total. The summed E-state index contributed by atoms with van der Waals surface area (Å²) in [6.07, 6.45) is -0.625. The van der Waals surface area contributed by atoms with Crippen molar-refractivity contribution in [2.24, 2.45) is 0 Å². The lowest BCUT2D eigenvalue weighted by Gasteiger charge is -2.22. The van der Waals surface area contributed by atoms with Crippen molar-refractivity contribution in [3.8, 4) is 0 Å². The van der Waals surface area contributed by atoms with Gasteiger partial charge in [-0.05, 0) is 64.8 Å². The first kappa shape index (κ1) is 18.3. The number of carbonyl (C=O) groups is 2. The van der Waals surface area contributed by atoms with E-state index in [0.29, 0.717) is 10.7 Å². The van der Waals surface area contributed by atoms with Gasteiger partial charge in [0.05, 0.1) is 0 Å². The fourth-order valence-corrected chi connectivity index (χ4v) is 2.22. The molecule has 0 aliphatic rings. The van der Waals surface area contributed by atoms with E-state index >= 15 is 0 Å². The van der Waals surface area contributed by atoms with Gasteiger partial charge in [0.15, 0.2) is 0 Å². The lowest BCUT2D eigenvalue weighted by atomic mass is 10.1. The van der Waals surface area contributed by atoms with Crippen molar-refractivity contribution in [3.63, 3.8) is 0 Å². The molecule has 0 aliphatic heterocycles.